The van der Waals surface area contributed by atoms with Crippen LogP contribution in [0.15, 0.2) is 17.0 Å². The fourth-order valence-corrected chi connectivity index (χ4v) is 3.20. The van der Waals surface area contributed by atoms with Crippen LogP contribution in [0.3, 0.4) is 0 Å². The predicted molar refractivity (Wildman–Crippen MR) is 94.6 cm³/mol. The van der Waals surface area contributed by atoms with E-state index in [1.807, 2.05) is 0 Å². The summed E-state index contributed by atoms with van der Waals surface area (Å²) in [6.45, 7) is 1.21. The van der Waals surface area contributed by atoms with Crippen molar-refractivity contribution >= 4 is 46.6 Å². The number of hydrogen-bond acceptors (Lipinski definition) is 7. The molecule has 1 aromatic rings. The Hall–Kier alpha value is -2.63. The van der Waals surface area contributed by atoms with E-state index >= 15 is 0 Å². The zero-order valence-electron chi connectivity index (χ0n) is 13.6. The first kappa shape index (κ1) is 19.7. The van der Waals surface area contributed by atoms with Gasteiger partial charge in [-0.1, -0.05) is 17.5 Å². The van der Waals surface area contributed by atoms with Crippen LogP contribution in [0.5, 0.6) is 11.5 Å². The summed E-state index contributed by atoms with van der Waals surface area (Å²) in [5, 5.41) is 10.2. The fourth-order valence-electron chi connectivity index (χ4n) is 2.08. The second-order valence-electron chi connectivity index (χ2n) is 4.90. The molecule has 1 fully saturated rings. The second kappa shape index (κ2) is 8.65. The van der Waals surface area contributed by atoms with Crippen LogP contribution in [-0.4, -0.2) is 41.8 Å². The number of imide groups is 1. The smallest absolute Gasteiger partial charge is 0.294 e. The molecule has 0 spiro atoms. The van der Waals surface area contributed by atoms with E-state index < -0.39 is 23.7 Å². The van der Waals surface area contributed by atoms with Gasteiger partial charge in [0.05, 0.1) is 29.0 Å². The minimum Gasteiger partial charge on any atom is -0.546 e. The lowest BCUT2D eigenvalue weighted by Crippen LogP contribution is -2.29. The number of thioether (sulfide) groups is 1. The molecule has 2 rings (SSSR count). The van der Waals surface area contributed by atoms with Crippen molar-refractivity contribution in [3.63, 3.8) is 0 Å². The Balaban J connectivity index is 2.36. The number of nitrogens with zero attached hydrogens (tertiary/aromatic N) is 1. The van der Waals surface area contributed by atoms with Crippen LogP contribution in [0.2, 0.25) is 5.02 Å². The fraction of sp³-hybridized carbons (Fsp3) is 0.235. The Bertz CT molecular complexity index is 829. The lowest BCUT2D eigenvalue weighted by Gasteiger charge is -2.14. The van der Waals surface area contributed by atoms with Gasteiger partial charge in [-0.25, -0.2) is 0 Å². The molecule has 1 heterocycles. The molecule has 1 aliphatic heterocycles. The number of hydrogen-bond donors (Lipinski definition) is 0. The first-order valence-electron chi connectivity index (χ1n) is 7.35. The Labute approximate surface area is 158 Å². The molecule has 26 heavy (non-hydrogen) atoms. The molecule has 0 unspecified atom stereocenters. The van der Waals surface area contributed by atoms with Crippen LogP contribution in [-0.2, 0) is 9.59 Å². The Morgan fingerprint density at radius 1 is 1.42 bits per heavy atom. The largest absolute Gasteiger partial charge is 0.546 e. The number of ether oxygens (including phenoxy) is 2. The molecule has 0 aromatic heterocycles. The van der Waals surface area contributed by atoms with Crippen molar-refractivity contribution in [2.24, 2.45) is 0 Å². The van der Waals surface area contributed by atoms with Crippen molar-refractivity contribution in [2.45, 2.75) is 6.92 Å². The summed E-state index contributed by atoms with van der Waals surface area (Å²) in [5.74, 6) is 0.605. The molecule has 0 bridgehead atoms. The summed E-state index contributed by atoms with van der Waals surface area (Å²) in [4.78, 5) is 35.7. The maximum absolute atomic E-state index is 12.2. The van der Waals surface area contributed by atoms with Gasteiger partial charge in [0.15, 0.2) is 11.5 Å². The standard InChI is InChI=1S/C17H14ClNO6S/c1-3-5-19-16(22)13(26-17(19)23)8-10-6-11(18)15(25-9-14(20)21)12(7-10)24-4-2/h1,6-8H,4-5,9H2,2H3,(H,20,21)/p-1/b13-8+. The topological polar surface area (TPSA) is 96.0 Å². The van der Waals surface area contributed by atoms with Gasteiger partial charge in [0.25, 0.3) is 11.1 Å². The monoisotopic (exact) mass is 394 g/mol. The van der Waals surface area contributed by atoms with Crippen molar-refractivity contribution < 1.29 is 29.0 Å². The van der Waals surface area contributed by atoms with Gasteiger partial charge in [-0.3, -0.25) is 14.5 Å². The molecule has 2 amide bonds. The highest BCUT2D eigenvalue weighted by Gasteiger charge is 2.34. The second-order valence-corrected chi connectivity index (χ2v) is 6.30. The summed E-state index contributed by atoms with van der Waals surface area (Å²) in [7, 11) is 0. The van der Waals surface area contributed by atoms with Crippen LogP contribution in [0.4, 0.5) is 4.79 Å². The summed E-state index contributed by atoms with van der Waals surface area (Å²) in [5.41, 5.74) is 0.477. The van der Waals surface area contributed by atoms with Gasteiger partial charge in [-0.05, 0) is 42.5 Å². The predicted octanol–water partition coefficient (Wildman–Crippen LogP) is 1.54. The van der Waals surface area contributed by atoms with Crippen LogP contribution in [0.1, 0.15) is 12.5 Å². The van der Waals surface area contributed by atoms with Crippen LogP contribution in [0.25, 0.3) is 6.08 Å². The average molecular weight is 395 g/mol. The van der Waals surface area contributed by atoms with Gasteiger partial charge in [0.1, 0.15) is 6.61 Å². The van der Waals surface area contributed by atoms with Crippen LogP contribution in [0, 0.1) is 12.3 Å². The van der Waals surface area contributed by atoms with Crippen LogP contribution >= 0.6 is 23.4 Å². The number of carbonyl (C=O) groups is 3. The maximum Gasteiger partial charge on any atom is 0.294 e. The highest BCUT2D eigenvalue weighted by molar-refractivity contribution is 8.18. The molecule has 1 saturated heterocycles. The Morgan fingerprint density at radius 3 is 2.77 bits per heavy atom. The molecular weight excluding hydrogens is 382 g/mol. The van der Waals surface area contributed by atoms with E-state index in [4.69, 9.17) is 27.5 Å². The van der Waals surface area contributed by atoms with Gasteiger partial charge < -0.3 is 19.4 Å². The van der Waals surface area contributed by atoms with Gasteiger partial charge in [0.2, 0.25) is 0 Å². The summed E-state index contributed by atoms with van der Waals surface area (Å²) >= 11 is 6.90. The molecule has 0 radical (unpaired) electrons. The van der Waals surface area contributed by atoms with Gasteiger partial charge in [0, 0.05) is 0 Å². The van der Waals surface area contributed by atoms with Crippen molar-refractivity contribution in [1.29, 1.82) is 0 Å². The van der Waals surface area contributed by atoms with E-state index in [1.54, 1.807) is 6.92 Å². The quantitative estimate of drug-likeness (QED) is 0.511. The first-order chi connectivity index (χ1) is 12.4. The molecule has 0 atom stereocenters. The van der Waals surface area contributed by atoms with E-state index in [-0.39, 0.29) is 34.6 Å². The van der Waals surface area contributed by atoms with E-state index in [9.17, 15) is 19.5 Å². The van der Waals surface area contributed by atoms with E-state index in [2.05, 4.69) is 5.92 Å². The number of halogens is 1. The Morgan fingerprint density at radius 2 is 2.15 bits per heavy atom. The minimum absolute atomic E-state index is 0.0512. The molecule has 1 aliphatic rings. The number of benzene rings is 1. The third-order valence-corrected chi connectivity index (χ3v) is 4.27. The molecular formula is C17H13ClNO6S-. The number of carboxylic acid groups (broad SMARTS) is 1. The van der Waals surface area contributed by atoms with Gasteiger partial charge in [-0.2, -0.15) is 0 Å². The SMILES string of the molecule is C#CCN1C(=O)S/C(=C/c2cc(Cl)c(OCC(=O)[O-])c(OCC)c2)C1=O. The molecule has 0 saturated carbocycles. The van der Waals surface area contributed by atoms with Gasteiger partial charge in [-0.15, -0.1) is 6.42 Å². The van der Waals surface area contributed by atoms with Crippen LogP contribution < -0.4 is 14.6 Å². The number of terminal acetylenes is 1. The number of carboxylic acids is 1. The number of amides is 2. The van der Waals surface area contributed by atoms with Crippen molar-refractivity contribution in [3.8, 4) is 23.8 Å². The van der Waals surface area contributed by atoms with Gasteiger partial charge >= 0.3 is 0 Å². The summed E-state index contributed by atoms with van der Waals surface area (Å²) in [6, 6.07) is 2.99. The minimum atomic E-state index is -1.41. The lowest BCUT2D eigenvalue weighted by molar-refractivity contribution is -0.307. The van der Waals surface area contributed by atoms with E-state index in [0.29, 0.717) is 5.56 Å². The molecule has 0 N–H and O–H groups in total. The zero-order valence-corrected chi connectivity index (χ0v) is 15.2. The number of carbonyl (C=O) groups excluding carboxylic acids is 3. The molecule has 7 nitrogen and oxygen atoms in total. The van der Waals surface area contributed by atoms with Crippen molar-refractivity contribution in [2.75, 3.05) is 19.8 Å². The van der Waals surface area contributed by atoms with Crippen molar-refractivity contribution in [1.82, 2.24) is 4.90 Å². The highest BCUT2D eigenvalue weighted by atomic mass is 35.5. The number of rotatable bonds is 7. The number of aliphatic carboxylic acids is 1. The summed E-state index contributed by atoms with van der Waals surface area (Å²) in [6.07, 6.45) is 6.62. The van der Waals surface area contributed by atoms with Crippen molar-refractivity contribution in [3.05, 3.63) is 27.6 Å². The third kappa shape index (κ3) is 4.50. The molecule has 1 aromatic carbocycles. The highest BCUT2D eigenvalue weighted by Crippen LogP contribution is 2.39. The zero-order chi connectivity index (χ0) is 19.3. The summed E-state index contributed by atoms with van der Waals surface area (Å²) < 4.78 is 10.5. The lowest BCUT2D eigenvalue weighted by atomic mass is 10.1. The normalized spacial score (nSPS) is 15.3. The first-order valence-corrected chi connectivity index (χ1v) is 8.54. The average Bonchev–Trinajstić information content (AvgIpc) is 2.82. The molecule has 9 heteroatoms. The molecule has 0 aliphatic carbocycles. The third-order valence-electron chi connectivity index (χ3n) is 3.09. The maximum atomic E-state index is 12.2. The molecule has 136 valence electrons. The van der Waals surface area contributed by atoms with E-state index in [1.165, 1.54) is 18.2 Å². The Kier molecular flexibility index (Phi) is 6.55. The van der Waals surface area contributed by atoms with E-state index in [0.717, 1.165) is 16.7 Å².